The maximum atomic E-state index is 11.0. The van der Waals surface area contributed by atoms with Crippen molar-refractivity contribution < 1.29 is 9.90 Å². The molecule has 3 nitrogen and oxygen atoms in total. The van der Waals surface area contributed by atoms with E-state index in [0.29, 0.717) is 0 Å². The van der Waals surface area contributed by atoms with E-state index >= 15 is 0 Å². The first-order chi connectivity index (χ1) is 10.6. The molecule has 0 heterocycles. The standard InChI is InChI=1S/C19H35NO2/c20-19(15-16-19)12-10-8-6-4-2-1-3-5-7-9-11-18(13-14-18)17(21)22/h1-16,20H2,(H,21,22). The van der Waals surface area contributed by atoms with Gasteiger partial charge in [0.15, 0.2) is 0 Å². The van der Waals surface area contributed by atoms with Crippen LogP contribution < -0.4 is 5.73 Å². The topological polar surface area (TPSA) is 63.3 Å². The van der Waals surface area contributed by atoms with E-state index in [1.165, 1.54) is 77.0 Å². The first-order valence-electron chi connectivity index (χ1n) is 9.59. The first-order valence-corrected chi connectivity index (χ1v) is 9.59. The van der Waals surface area contributed by atoms with Crippen LogP contribution in [-0.4, -0.2) is 16.6 Å². The van der Waals surface area contributed by atoms with E-state index in [2.05, 4.69) is 0 Å². The molecule has 2 fully saturated rings. The van der Waals surface area contributed by atoms with Crippen LogP contribution in [0.2, 0.25) is 0 Å². The Morgan fingerprint density at radius 2 is 1.14 bits per heavy atom. The second-order valence-electron chi connectivity index (χ2n) is 7.98. The van der Waals surface area contributed by atoms with E-state index in [1.54, 1.807) is 0 Å². The Balaban J connectivity index is 1.28. The highest BCUT2D eigenvalue weighted by molar-refractivity contribution is 5.77. The van der Waals surface area contributed by atoms with Crippen molar-refractivity contribution in [3.63, 3.8) is 0 Å². The molecule has 0 atom stereocenters. The number of unbranched alkanes of at least 4 members (excludes halogenated alkanes) is 9. The van der Waals surface area contributed by atoms with Crippen molar-refractivity contribution >= 4 is 5.97 Å². The van der Waals surface area contributed by atoms with Gasteiger partial charge in [0.2, 0.25) is 0 Å². The molecule has 3 heteroatoms. The summed E-state index contributed by atoms with van der Waals surface area (Å²) in [5.41, 5.74) is 6.03. The van der Waals surface area contributed by atoms with Gasteiger partial charge in [-0.1, -0.05) is 64.2 Å². The summed E-state index contributed by atoms with van der Waals surface area (Å²) < 4.78 is 0. The van der Waals surface area contributed by atoms with Gasteiger partial charge in [0.25, 0.3) is 0 Å². The van der Waals surface area contributed by atoms with Gasteiger partial charge in [-0.25, -0.2) is 0 Å². The van der Waals surface area contributed by atoms with E-state index in [9.17, 15) is 4.79 Å². The van der Waals surface area contributed by atoms with Crippen LogP contribution in [0.4, 0.5) is 0 Å². The van der Waals surface area contributed by atoms with Crippen molar-refractivity contribution in [2.75, 3.05) is 0 Å². The Kier molecular flexibility index (Phi) is 6.73. The molecule has 0 radical (unpaired) electrons. The molecule has 0 saturated heterocycles. The zero-order valence-electron chi connectivity index (χ0n) is 14.2. The van der Waals surface area contributed by atoms with Gasteiger partial charge < -0.3 is 10.8 Å². The minimum Gasteiger partial charge on any atom is -0.481 e. The Bertz CT molecular complexity index is 345. The zero-order valence-corrected chi connectivity index (χ0v) is 14.2. The molecule has 2 rings (SSSR count). The van der Waals surface area contributed by atoms with E-state index < -0.39 is 5.97 Å². The Hall–Kier alpha value is -0.570. The fraction of sp³-hybridized carbons (Fsp3) is 0.947. The van der Waals surface area contributed by atoms with Crippen molar-refractivity contribution in [2.45, 2.75) is 108 Å². The van der Waals surface area contributed by atoms with Crippen LogP contribution in [0.25, 0.3) is 0 Å². The highest BCUT2D eigenvalue weighted by Gasteiger charge is 2.49. The number of hydrogen-bond acceptors (Lipinski definition) is 2. The minimum atomic E-state index is -0.560. The molecule has 0 aliphatic heterocycles. The van der Waals surface area contributed by atoms with Crippen LogP contribution in [0.1, 0.15) is 103 Å². The van der Waals surface area contributed by atoms with Crippen molar-refractivity contribution in [3.8, 4) is 0 Å². The van der Waals surface area contributed by atoms with Crippen LogP contribution in [0.15, 0.2) is 0 Å². The lowest BCUT2D eigenvalue weighted by Gasteiger charge is -2.09. The summed E-state index contributed by atoms with van der Waals surface area (Å²) in [6, 6.07) is 0. The van der Waals surface area contributed by atoms with Crippen LogP contribution >= 0.6 is 0 Å². The molecule has 22 heavy (non-hydrogen) atoms. The van der Waals surface area contributed by atoms with E-state index in [1.807, 2.05) is 0 Å². The molecular weight excluding hydrogens is 274 g/mol. The number of carboxylic acids is 1. The summed E-state index contributed by atoms with van der Waals surface area (Å²) in [4.78, 5) is 11.0. The quantitative estimate of drug-likeness (QED) is 0.443. The summed E-state index contributed by atoms with van der Waals surface area (Å²) in [6.07, 6.45) is 19.5. The molecule has 128 valence electrons. The molecule has 0 aromatic rings. The molecule has 0 spiro atoms. The normalized spacial score (nSPS) is 20.8. The fourth-order valence-electron chi connectivity index (χ4n) is 3.49. The molecule has 2 aliphatic rings. The average molecular weight is 309 g/mol. The lowest BCUT2D eigenvalue weighted by molar-refractivity contribution is -0.143. The molecule has 0 aromatic heterocycles. The summed E-state index contributed by atoms with van der Waals surface area (Å²) in [5.74, 6) is -0.560. The van der Waals surface area contributed by atoms with Crippen LogP contribution in [0.5, 0.6) is 0 Å². The van der Waals surface area contributed by atoms with E-state index in [4.69, 9.17) is 10.8 Å². The maximum absolute atomic E-state index is 11.0. The van der Waals surface area contributed by atoms with Crippen LogP contribution in [0.3, 0.4) is 0 Å². The molecule has 0 amide bonds. The largest absolute Gasteiger partial charge is 0.481 e. The first kappa shape index (κ1) is 17.8. The number of carbonyl (C=O) groups is 1. The minimum absolute atomic E-state index is 0.250. The number of rotatable bonds is 14. The summed E-state index contributed by atoms with van der Waals surface area (Å²) in [6.45, 7) is 0. The number of aliphatic carboxylic acids is 1. The molecule has 0 bridgehead atoms. The van der Waals surface area contributed by atoms with Gasteiger partial charge in [0, 0.05) is 5.54 Å². The smallest absolute Gasteiger partial charge is 0.309 e. The summed E-state index contributed by atoms with van der Waals surface area (Å²) >= 11 is 0. The maximum Gasteiger partial charge on any atom is 0.309 e. The second-order valence-corrected chi connectivity index (χ2v) is 7.98. The van der Waals surface area contributed by atoms with Crippen LogP contribution in [-0.2, 0) is 4.79 Å². The lowest BCUT2D eigenvalue weighted by atomic mass is 9.97. The fourth-order valence-corrected chi connectivity index (χ4v) is 3.49. The molecule has 2 aliphatic carbocycles. The third-order valence-electron chi connectivity index (χ3n) is 5.78. The van der Waals surface area contributed by atoms with Crippen molar-refractivity contribution in [2.24, 2.45) is 11.1 Å². The number of hydrogen-bond donors (Lipinski definition) is 2. The zero-order chi connectivity index (χ0) is 15.9. The van der Waals surface area contributed by atoms with Gasteiger partial charge in [-0.15, -0.1) is 0 Å². The average Bonchev–Trinajstić information content (AvgIpc) is 3.39. The van der Waals surface area contributed by atoms with E-state index in [0.717, 1.165) is 25.7 Å². The van der Waals surface area contributed by atoms with Gasteiger partial charge in [0.05, 0.1) is 5.41 Å². The lowest BCUT2D eigenvalue weighted by Crippen LogP contribution is -2.20. The third kappa shape index (κ3) is 6.28. The number of carboxylic acid groups (broad SMARTS) is 1. The Labute approximate surface area is 136 Å². The van der Waals surface area contributed by atoms with E-state index in [-0.39, 0.29) is 11.0 Å². The van der Waals surface area contributed by atoms with Crippen molar-refractivity contribution in [1.29, 1.82) is 0 Å². The highest BCUT2D eigenvalue weighted by atomic mass is 16.4. The Morgan fingerprint density at radius 3 is 1.50 bits per heavy atom. The molecular formula is C19H35NO2. The summed E-state index contributed by atoms with van der Waals surface area (Å²) in [7, 11) is 0. The molecule has 0 unspecified atom stereocenters. The second kappa shape index (κ2) is 8.33. The predicted molar refractivity (Wildman–Crippen MR) is 90.9 cm³/mol. The molecule has 2 saturated carbocycles. The van der Waals surface area contributed by atoms with Crippen molar-refractivity contribution in [3.05, 3.63) is 0 Å². The van der Waals surface area contributed by atoms with Gasteiger partial charge in [-0.3, -0.25) is 4.79 Å². The number of nitrogens with two attached hydrogens (primary N) is 1. The van der Waals surface area contributed by atoms with Crippen LogP contribution in [0, 0.1) is 5.41 Å². The van der Waals surface area contributed by atoms with Gasteiger partial charge in [-0.05, 0) is 38.5 Å². The SMILES string of the molecule is NC1(CCCCCCCCCCCCC2(C(=O)O)CC2)CC1. The Morgan fingerprint density at radius 1 is 0.727 bits per heavy atom. The van der Waals surface area contributed by atoms with Gasteiger partial charge >= 0.3 is 5.97 Å². The summed E-state index contributed by atoms with van der Waals surface area (Å²) in [5, 5.41) is 9.11. The van der Waals surface area contributed by atoms with Gasteiger partial charge in [0.1, 0.15) is 0 Å². The highest BCUT2D eigenvalue weighted by Crippen LogP contribution is 2.50. The third-order valence-corrected chi connectivity index (χ3v) is 5.78. The molecule has 0 aromatic carbocycles. The monoisotopic (exact) mass is 309 g/mol. The predicted octanol–water partition coefficient (Wildman–Crippen LogP) is 5.02. The van der Waals surface area contributed by atoms with Gasteiger partial charge in [-0.2, -0.15) is 0 Å². The molecule has 3 N–H and O–H groups in total. The van der Waals surface area contributed by atoms with Crippen molar-refractivity contribution in [1.82, 2.24) is 0 Å².